The molecule has 2 N–H and O–H groups in total. The molecule has 0 aliphatic carbocycles. The van der Waals surface area contributed by atoms with E-state index in [1.54, 1.807) is 13.8 Å². The number of nitrogens with two attached hydrogens (primary N) is 1. The molecule has 2 heteroatoms. The second-order valence-electron chi connectivity index (χ2n) is 4.58. The fourth-order valence-electron chi connectivity index (χ4n) is 1.77. The first kappa shape index (κ1) is 10.8. The summed E-state index contributed by atoms with van der Waals surface area (Å²) in [7, 11) is 0. The highest BCUT2D eigenvalue weighted by atomic mass is 16.1. The molecule has 2 rings (SSSR count). The van der Waals surface area contributed by atoms with Crippen molar-refractivity contribution >= 4 is 16.6 Å². The van der Waals surface area contributed by atoms with Crippen LogP contribution in [0.3, 0.4) is 0 Å². The zero-order valence-corrected chi connectivity index (χ0v) is 9.53. The van der Waals surface area contributed by atoms with Crippen molar-refractivity contribution in [2.75, 3.05) is 0 Å². The molecule has 0 radical (unpaired) electrons. The van der Waals surface area contributed by atoms with Gasteiger partial charge in [0, 0.05) is 5.56 Å². The van der Waals surface area contributed by atoms with Crippen LogP contribution < -0.4 is 5.73 Å². The molecule has 0 heterocycles. The molecule has 0 spiro atoms. The van der Waals surface area contributed by atoms with Crippen LogP contribution in [0.4, 0.5) is 0 Å². The number of Topliss-reactive ketones (excluding diaryl/α,β-unsaturated/α-hetero) is 1. The number of ketones is 1. The highest BCUT2D eigenvalue weighted by molar-refractivity contribution is 6.11. The largest absolute Gasteiger partial charge is 0.319 e. The van der Waals surface area contributed by atoms with Crippen molar-refractivity contribution in [1.29, 1.82) is 0 Å². The van der Waals surface area contributed by atoms with E-state index in [9.17, 15) is 4.79 Å². The third-order valence-electron chi connectivity index (χ3n) is 2.62. The molecule has 0 saturated heterocycles. The van der Waals surface area contributed by atoms with Crippen LogP contribution in [0.1, 0.15) is 24.2 Å². The zero-order valence-electron chi connectivity index (χ0n) is 9.53. The van der Waals surface area contributed by atoms with Gasteiger partial charge in [0.15, 0.2) is 5.78 Å². The molecule has 16 heavy (non-hydrogen) atoms. The normalized spacial score (nSPS) is 11.7. The van der Waals surface area contributed by atoms with E-state index in [2.05, 4.69) is 0 Å². The minimum absolute atomic E-state index is 0.0238. The predicted molar refractivity (Wildman–Crippen MR) is 66.5 cm³/mol. The monoisotopic (exact) mass is 213 g/mol. The SMILES string of the molecule is CC(C)(N)C(=O)c1cccc2ccccc12. The molecule has 0 fully saturated rings. The van der Waals surface area contributed by atoms with Crippen LogP contribution in [0.25, 0.3) is 10.8 Å². The number of rotatable bonds is 2. The van der Waals surface area contributed by atoms with Crippen LogP contribution >= 0.6 is 0 Å². The van der Waals surface area contributed by atoms with Crippen LogP contribution in [0.5, 0.6) is 0 Å². The Balaban J connectivity index is 2.66. The van der Waals surface area contributed by atoms with Crippen molar-refractivity contribution in [1.82, 2.24) is 0 Å². The molecule has 0 unspecified atom stereocenters. The van der Waals surface area contributed by atoms with E-state index in [1.807, 2.05) is 42.5 Å². The van der Waals surface area contributed by atoms with Gasteiger partial charge in [-0.05, 0) is 24.6 Å². The third-order valence-corrected chi connectivity index (χ3v) is 2.62. The quantitative estimate of drug-likeness (QED) is 0.779. The predicted octanol–water partition coefficient (Wildman–Crippen LogP) is 2.76. The van der Waals surface area contributed by atoms with Gasteiger partial charge in [0.05, 0.1) is 5.54 Å². The summed E-state index contributed by atoms with van der Waals surface area (Å²) in [5, 5.41) is 2.03. The highest BCUT2D eigenvalue weighted by Gasteiger charge is 2.24. The van der Waals surface area contributed by atoms with Gasteiger partial charge in [-0.3, -0.25) is 4.79 Å². The molecule has 2 nitrogen and oxygen atoms in total. The molecule has 0 atom stereocenters. The highest BCUT2D eigenvalue weighted by Crippen LogP contribution is 2.21. The maximum absolute atomic E-state index is 12.2. The minimum Gasteiger partial charge on any atom is -0.319 e. The first-order valence-electron chi connectivity index (χ1n) is 5.31. The van der Waals surface area contributed by atoms with Gasteiger partial charge in [0.25, 0.3) is 0 Å². The van der Waals surface area contributed by atoms with Gasteiger partial charge in [0.2, 0.25) is 0 Å². The summed E-state index contributed by atoms with van der Waals surface area (Å²) in [4.78, 5) is 12.2. The van der Waals surface area contributed by atoms with Gasteiger partial charge in [-0.2, -0.15) is 0 Å². The maximum atomic E-state index is 12.2. The van der Waals surface area contributed by atoms with Crippen molar-refractivity contribution in [2.45, 2.75) is 19.4 Å². The molecule has 0 saturated carbocycles. The lowest BCUT2D eigenvalue weighted by atomic mass is 9.91. The second kappa shape index (κ2) is 3.72. The Morgan fingerprint density at radius 1 is 1.06 bits per heavy atom. The molecule has 0 aromatic heterocycles. The van der Waals surface area contributed by atoms with Crippen molar-refractivity contribution in [3.63, 3.8) is 0 Å². The standard InChI is InChI=1S/C14H15NO/c1-14(2,15)13(16)12-9-5-7-10-6-3-4-8-11(10)12/h3-9H,15H2,1-2H3. The van der Waals surface area contributed by atoms with Crippen LogP contribution in [-0.2, 0) is 0 Å². The number of carbonyl (C=O) groups excluding carboxylic acids is 1. The summed E-state index contributed by atoms with van der Waals surface area (Å²) in [5.41, 5.74) is 5.72. The molecular formula is C14H15NO. The number of hydrogen-bond acceptors (Lipinski definition) is 2. The Morgan fingerprint density at radius 2 is 1.69 bits per heavy atom. The Kier molecular flexibility index (Phi) is 2.52. The minimum atomic E-state index is -0.829. The lowest BCUT2D eigenvalue weighted by molar-refractivity contribution is 0.0915. The smallest absolute Gasteiger partial charge is 0.182 e. The van der Waals surface area contributed by atoms with Crippen LogP contribution in [0.2, 0.25) is 0 Å². The average Bonchev–Trinajstić information content (AvgIpc) is 2.26. The van der Waals surface area contributed by atoms with E-state index in [0.29, 0.717) is 5.56 Å². The van der Waals surface area contributed by atoms with Gasteiger partial charge in [-0.15, -0.1) is 0 Å². The van der Waals surface area contributed by atoms with Crippen LogP contribution in [0.15, 0.2) is 42.5 Å². The van der Waals surface area contributed by atoms with Crippen molar-refractivity contribution < 1.29 is 4.79 Å². The summed E-state index contributed by atoms with van der Waals surface area (Å²) in [6.07, 6.45) is 0. The molecule has 0 aliphatic rings. The summed E-state index contributed by atoms with van der Waals surface area (Å²) in [5.74, 6) is -0.0238. The van der Waals surface area contributed by atoms with Crippen LogP contribution in [0, 0.1) is 0 Å². The van der Waals surface area contributed by atoms with Crippen molar-refractivity contribution in [3.05, 3.63) is 48.0 Å². The molecular weight excluding hydrogens is 198 g/mol. The number of benzene rings is 2. The topological polar surface area (TPSA) is 43.1 Å². The summed E-state index contributed by atoms with van der Waals surface area (Å²) >= 11 is 0. The van der Waals surface area contributed by atoms with E-state index >= 15 is 0 Å². The first-order valence-corrected chi connectivity index (χ1v) is 5.31. The van der Waals surface area contributed by atoms with E-state index in [0.717, 1.165) is 10.8 Å². The van der Waals surface area contributed by atoms with Crippen LogP contribution in [-0.4, -0.2) is 11.3 Å². The number of hydrogen-bond donors (Lipinski definition) is 1. The molecule has 2 aromatic carbocycles. The fraction of sp³-hybridized carbons (Fsp3) is 0.214. The van der Waals surface area contributed by atoms with E-state index in [-0.39, 0.29) is 5.78 Å². The lowest BCUT2D eigenvalue weighted by Gasteiger charge is -2.17. The van der Waals surface area contributed by atoms with Gasteiger partial charge < -0.3 is 5.73 Å². The van der Waals surface area contributed by atoms with E-state index in [4.69, 9.17) is 5.73 Å². The van der Waals surface area contributed by atoms with E-state index < -0.39 is 5.54 Å². The maximum Gasteiger partial charge on any atom is 0.182 e. The van der Waals surface area contributed by atoms with Gasteiger partial charge in [0.1, 0.15) is 0 Å². The Bertz CT molecular complexity index is 532. The summed E-state index contributed by atoms with van der Waals surface area (Å²) < 4.78 is 0. The molecule has 0 bridgehead atoms. The zero-order chi connectivity index (χ0) is 11.8. The molecule has 0 amide bonds. The number of fused-ring (bicyclic) bond motifs is 1. The lowest BCUT2D eigenvalue weighted by Crippen LogP contribution is -2.41. The van der Waals surface area contributed by atoms with Crippen molar-refractivity contribution in [3.8, 4) is 0 Å². The van der Waals surface area contributed by atoms with Crippen molar-refractivity contribution in [2.24, 2.45) is 5.73 Å². The molecule has 2 aromatic rings. The fourth-order valence-corrected chi connectivity index (χ4v) is 1.77. The third kappa shape index (κ3) is 1.84. The van der Waals surface area contributed by atoms with Gasteiger partial charge in [-0.1, -0.05) is 42.5 Å². The Labute approximate surface area is 95.1 Å². The first-order chi connectivity index (χ1) is 7.50. The van der Waals surface area contributed by atoms with Gasteiger partial charge in [-0.25, -0.2) is 0 Å². The number of carbonyl (C=O) groups is 1. The van der Waals surface area contributed by atoms with E-state index in [1.165, 1.54) is 0 Å². The Morgan fingerprint density at radius 3 is 2.38 bits per heavy atom. The summed E-state index contributed by atoms with van der Waals surface area (Å²) in [6, 6.07) is 13.6. The Hall–Kier alpha value is -1.67. The summed E-state index contributed by atoms with van der Waals surface area (Å²) in [6.45, 7) is 3.47. The van der Waals surface area contributed by atoms with Gasteiger partial charge >= 0.3 is 0 Å². The molecule has 82 valence electrons. The average molecular weight is 213 g/mol. The molecule has 0 aliphatic heterocycles. The second-order valence-corrected chi connectivity index (χ2v) is 4.58.